The highest BCUT2D eigenvalue weighted by atomic mass is 35.5. The summed E-state index contributed by atoms with van der Waals surface area (Å²) in [6.45, 7) is 0. The summed E-state index contributed by atoms with van der Waals surface area (Å²) >= 11 is 5.67. The fourth-order valence-corrected chi connectivity index (χ4v) is 1.77. The highest BCUT2D eigenvalue weighted by molar-refractivity contribution is 6.28. The first-order valence-corrected chi connectivity index (χ1v) is 5.72. The molecule has 1 aromatic carbocycles. The van der Waals surface area contributed by atoms with Gasteiger partial charge < -0.3 is 4.74 Å². The van der Waals surface area contributed by atoms with Gasteiger partial charge in [-0.3, -0.25) is 4.79 Å². The van der Waals surface area contributed by atoms with Crippen LogP contribution in [0.15, 0.2) is 36.5 Å². The van der Waals surface area contributed by atoms with Crippen LogP contribution < -0.4 is 4.74 Å². The quantitative estimate of drug-likeness (QED) is 0.628. The SMILES string of the molecule is COc1ccccc1C(=O)Cc1ccnc(Cl)n1. The first-order valence-electron chi connectivity index (χ1n) is 5.34. The maximum Gasteiger partial charge on any atom is 0.222 e. The van der Waals surface area contributed by atoms with Crippen LogP contribution in [0.5, 0.6) is 5.75 Å². The minimum atomic E-state index is -0.0674. The summed E-state index contributed by atoms with van der Waals surface area (Å²) in [7, 11) is 1.54. The Morgan fingerprint density at radius 3 is 2.83 bits per heavy atom. The lowest BCUT2D eigenvalue weighted by molar-refractivity contribution is 0.0989. The second-order valence-electron chi connectivity index (χ2n) is 3.62. The molecule has 0 aliphatic rings. The second-order valence-corrected chi connectivity index (χ2v) is 3.96. The lowest BCUT2D eigenvalue weighted by Gasteiger charge is -2.06. The van der Waals surface area contributed by atoms with E-state index in [2.05, 4.69) is 9.97 Å². The number of hydrogen-bond donors (Lipinski definition) is 0. The number of carbonyl (C=O) groups is 1. The van der Waals surface area contributed by atoms with E-state index in [0.717, 1.165) is 0 Å². The van der Waals surface area contributed by atoms with Gasteiger partial charge >= 0.3 is 0 Å². The van der Waals surface area contributed by atoms with Crippen LogP contribution in [0, 0.1) is 0 Å². The smallest absolute Gasteiger partial charge is 0.222 e. The topological polar surface area (TPSA) is 52.1 Å². The largest absolute Gasteiger partial charge is 0.496 e. The molecule has 0 bridgehead atoms. The Morgan fingerprint density at radius 2 is 2.11 bits per heavy atom. The molecule has 92 valence electrons. The Kier molecular flexibility index (Phi) is 3.89. The van der Waals surface area contributed by atoms with Gasteiger partial charge in [0.2, 0.25) is 5.28 Å². The first kappa shape index (κ1) is 12.5. The van der Waals surface area contributed by atoms with E-state index >= 15 is 0 Å². The predicted molar refractivity (Wildman–Crippen MR) is 68.1 cm³/mol. The molecule has 0 aliphatic carbocycles. The zero-order valence-corrected chi connectivity index (χ0v) is 10.5. The van der Waals surface area contributed by atoms with Crippen LogP contribution in [0.2, 0.25) is 5.28 Å². The molecule has 4 nitrogen and oxygen atoms in total. The number of ether oxygens (including phenoxy) is 1. The maximum absolute atomic E-state index is 12.1. The molecule has 0 amide bonds. The van der Waals surface area contributed by atoms with Gasteiger partial charge in [0.15, 0.2) is 5.78 Å². The van der Waals surface area contributed by atoms with Crippen molar-refractivity contribution in [2.24, 2.45) is 0 Å². The van der Waals surface area contributed by atoms with Gasteiger partial charge in [-0.15, -0.1) is 0 Å². The van der Waals surface area contributed by atoms with Crippen molar-refractivity contribution in [3.63, 3.8) is 0 Å². The normalized spacial score (nSPS) is 10.1. The van der Waals surface area contributed by atoms with Gasteiger partial charge in [0.25, 0.3) is 0 Å². The maximum atomic E-state index is 12.1. The summed E-state index contributed by atoms with van der Waals surface area (Å²) in [5.41, 5.74) is 1.13. The van der Waals surface area contributed by atoms with E-state index in [0.29, 0.717) is 17.0 Å². The minimum absolute atomic E-state index is 0.0674. The third kappa shape index (κ3) is 2.84. The Hall–Kier alpha value is -1.94. The Balaban J connectivity index is 2.22. The summed E-state index contributed by atoms with van der Waals surface area (Å²) in [6, 6.07) is 8.75. The molecule has 18 heavy (non-hydrogen) atoms. The zero-order chi connectivity index (χ0) is 13.0. The van der Waals surface area contributed by atoms with Gasteiger partial charge in [0, 0.05) is 6.20 Å². The molecule has 0 atom stereocenters. The van der Waals surface area contributed by atoms with Crippen molar-refractivity contribution in [3.8, 4) is 5.75 Å². The van der Waals surface area contributed by atoms with Crippen LogP contribution >= 0.6 is 11.6 Å². The molecule has 1 heterocycles. The number of rotatable bonds is 4. The zero-order valence-electron chi connectivity index (χ0n) is 9.76. The van der Waals surface area contributed by atoms with Crippen molar-refractivity contribution in [2.75, 3.05) is 7.11 Å². The van der Waals surface area contributed by atoms with E-state index in [-0.39, 0.29) is 17.5 Å². The van der Waals surface area contributed by atoms with E-state index in [4.69, 9.17) is 16.3 Å². The van der Waals surface area contributed by atoms with E-state index in [9.17, 15) is 4.79 Å². The lowest BCUT2D eigenvalue weighted by atomic mass is 10.1. The molecule has 0 saturated carbocycles. The van der Waals surface area contributed by atoms with Gasteiger partial charge in [-0.05, 0) is 29.8 Å². The molecule has 2 aromatic rings. The van der Waals surface area contributed by atoms with E-state index in [1.165, 1.54) is 13.3 Å². The number of nitrogens with zero attached hydrogens (tertiary/aromatic N) is 2. The van der Waals surface area contributed by atoms with Crippen LogP contribution in [0.4, 0.5) is 0 Å². The number of benzene rings is 1. The van der Waals surface area contributed by atoms with Gasteiger partial charge in [-0.2, -0.15) is 0 Å². The Labute approximate surface area is 110 Å². The summed E-state index contributed by atoms with van der Waals surface area (Å²) in [5.74, 6) is 0.491. The van der Waals surface area contributed by atoms with Crippen LogP contribution in [-0.4, -0.2) is 22.9 Å². The van der Waals surface area contributed by atoms with Crippen LogP contribution in [0.3, 0.4) is 0 Å². The number of hydrogen-bond acceptors (Lipinski definition) is 4. The summed E-state index contributed by atoms with van der Waals surface area (Å²) in [4.78, 5) is 19.9. The van der Waals surface area contributed by atoms with Gasteiger partial charge in [-0.25, -0.2) is 9.97 Å². The lowest BCUT2D eigenvalue weighted by Crippen LogP contribution is -2.07. The third-order valence-electron chi connectivity index (χ3n) is 2.43. The van der Waals surface area contributed by atoms with Gasteiger partial charge in [-0.1, -0.05) is 12.1 Å². The number of aromatic nitrogens is 2. The van der Waals surface area contributed by atoms with E-state index in [1.807, 2.05) is 6.07 Å². The number of carbonyl (C=O) groups excluding carboxylic acids is 1. The second kappa shape index (κ2) is 5.60. The van der Waals surface area contributed by atoms with Gasteiger partial charge in [0.1, 0.15) is 5.75 Å². The van der Waals surface area contributed by atoms with E-state index in [1.54, 1.807) is 24.3 Å². The monoisotopic (exact) mass is 262 g/mol. The molecule has 1 aromatic heterocycles. The molecule has 0 N–H and O–H groups in total. The van der Waals surface area contributed by atoms with Crippen molar-refractivity contribution in [1.82, 2.24) is 9.97 Å². The molecule has 0 radical (unpaired) electrons. The standard InChI is InChI=1S/C13H11ClN2O2/c1-18-12-5-3-2-4-10(12)11(17)8-9-6-7-15-13(14)16-9/h2-7H,8H2,1H3. The van der Waals surface area contributed by atoms with Crippen LogP contribution in [0.25, 0.3) is 0 Å². The number of ketones is 1. The molecule has 0 fully saturated rings. The number of Topliss-reactive ketones (excluding diaryl/α,β-unsaturated/α-hetero) is 1. The molecular formula is C13H11ClN2O2. The molecule has 0 unspecified atom stereocenters. The Morgan fingerprint density at radius 1 is 1.33 bits per heavy atom. The van der Waals surface area contributed by atoms with Gasteiger partial charge in [0.05, 0.1) is 24.8 Å². The van der Waals surface area contributed by atoms with Crippen molar-refractivity contribution in [3.05, 3.63) is 53.1 Å². The number of methoxy groups -OCH3 is 1. The summed E-state index contributed by atoms with van der Waals surface area (Å²) in [5, 5.41) is 0.139. The molecule has 0 saturated heterocycles. The van der Waals surface area contributed by atoms with Crippen molar-refractivity contribution in [1.29, 1.82) is 0 Å². The summed E-state index contributed by atoms with van der Waals surface area (Å²) in [6.07, 6.45) is 1.70. The highest BCUT2D eigenvalue weighted by Gasteiger charge is 2.13. The summed E-state index contributed by atoms with van der Waals surface area (Å²) < 4.78 is 5.15. The Bertz CT molecular complexity index is 572. The average molecular weight is 263 g/mol. The third-order valence-corrected chi connectivity index (χ3v) is 2.62. The van der Waals surface area contributed by atoms with Crippen molar-refractivity contribution < 1.29 is 9.53 Å². The minimum Gasteiger partial charge on any atom is -0.496 e. The molecule has 0 aliphatic heterocycles. The predicted octanol–water partition coefficient (Wildman–Crippen LogP) is 2.56. The van der Waals surface area contributed by atoms with E-state index < -0.39 is 0 Å². The highest BCUT2D eigenvalue weighted by Crippen LogP contribution is 2.19. The molecule has 0 spiro atoms. The molecular weight excluding hydrogens is 252 g/mol. The van der Waals surface area contributed by atoms with Crippen molar-refractivity contribution >= 4 is 17.4 Å². The fraction of sp³-hybridized carbons (Fsp3) is 0.154. The molecule has 5 heteroatoms. The average Bonchev–Trinajstić information content (AvgIpc) is 2.38. The van der Waals surface area contributed by atoms with Crippen LogP contribution in [0.1, 0.15) is 16.1 Å². The number of para-hydroxylation sites is 1. The first-order chi connectivity index (χ1) is 8.70. The number of halogens is 1. The fourth-order valence-electron chi connectivity index (χ4n) is 1.60. The van der Waals surface area contributed by atoms with Crippen molar-refractivity contribution in [2.45, 2.75) is 6.42 Å². The molecule has 2 rings (SSSR count). The van der Waals surface area contributed by atoms with Crippen LogP contribution in [-0.2, 0) is 6.42 Å².